The number of nitrogen functional groups attached to an aromatic ring is 1. The number of hydrazine groups is 1. The molecule has 0 aromatic carbocycles. The van der Waals surface area contributed by atoms with Gasteiger partial charge in [0.1, 0.15) is 18.0 Å². The molecule has 8 heteroatoms. The van der Waals surface area contributed by atoms with Crippen molar-refractivity contribution in [2.24, 2.45) is 5.84 Å². The summed E-state index contributed by atoms with van der Waals surface area (Å²) in [5.41, 5.74) is 2.44. The summed E-state index contributed by atoms with van der Waals surface area (Å²) in [6, 6.07) is 0. The fraction of sp³-hybridized carbons (Fsp3) is 0.600. The summed E-state index contributed by atoms with van der Waals surface area (Å²) in [6.07, 6.45) is 1.73. The zero-order valence-corrected chi connectivity index (χ0v) is 11.8. The van der Waals surface area contributed by atoms with Gasteiger partial charge in [-0.05, 0) is 15.9 Å². The van der Waals surface area contributed by atoms with Crippen LogP contribution in [0.3, 0.4) is 0 Å². The second kappa shape index (κ2) is 5.79. The van der Waals surface area contributed by atoms with Crippen LogP contribution in [0.5, 0.6) is 0 Å². The molecule has 0 radical (unpaired) electrons. The highest BCUT2D eigenvalue weighted by Crippen LogP contribution is 2.28. The van der Waals surface area contributed by atoms with Gasteiger partial charge in [-0.15, -0.1) is 0 Å². The minimum Gasteiger partial charge on any atom is -0.377 e. The lowest BCUT2D eigenvalue weighted by atomic mass is 10.3. The molecule has 1 aromatic rings. The number of nitrogens with two attached hydrogens (primary N) is 1. The first-order valence-electron chi connectivity index (χ1n) is 5.49. The van der Waals surface area contributed by atoms with Crippen molar-refractivity contribution in [2.75, 3.05) is 37.6 Å². The van der Waals surface area contributed by atoms with Crippen molar-refractivity contribution >= 4 is 27.7 Å². The molecule has 0 amide bonds. The molecule has 2 unspecified atom stereocenters. The van der Waals surface area contributed by atoms with Crippen LogP contribution >= 0.6 is 15.9 Å². The molecule has 1 aliphatic rings. The van der Waals surface area contributed by atoms with Crippen molar-refractivity contribution in [3.8, 4) is 0 Å². The fourth-order valence-corrected chi connectivity index (χ4v) is 2.46. The van der Waals surface area contributed by atoms with E-state index in [1.54, 1.807) is 20.4 Å². The molecular weight excluding hydrogens is 302 g/mol. The van der Waals surface area contributed by atoms with E-state index in [1.165, 1.54) is 0 Å². The van der Waals surface area contributed by atoms with E-state index >= 15 is 0 Å². The van der Waals surface area contributed by atoms with E-state index in [4.69, 9.17) is 15.3 Å². The van der Waals surface area contributed by atoms with Crippen molar-refractivity contribution in [3.05, 3.63) is 10.7 Å². The van der Waals surface area contributed by atoms with E-state index in [0.29, 0.717) is 19.0 Å². The van der Waals surface area contributed by atoms with E-state index in [9.17, 15) is 0 Å². The zero-order chi connectivity index (χ0) is 13.1. The molecule has 1 saturated heterocycles. The Kier molecular flexibility index (Phi) is 4.33. The molecule has 3 N–H and O–H groups in total. The normalized spacial score (nSPS) is 23.4. The van der Waals surface area contributed by atoms with Crippen molar-refractivity contribution in [1.82, 2.24) is 9.97 Å². The van der Waals surface area contributed by atoms with E-state index in [0.717, 1.165) is 10.3 Å². The first-order valence-corrected chi connectivity index (χ1v) is 6.28. The molecule has 2 heterocycles. The fourth-order valence-electron chi connectivity index (χ4n) is 2.02. The number of ether oxygens (including phenoxy) is 2. The molecule has 0 saturated carbocycles. The van der Waals surface area contributed by atoms with Crippen molar-refractivity contribution in [2.45, 2.75) is 12.2 Å². The van der Waals surface area contributed by atoms with Crippen LogP contribution in [0.2, 0.25) is 0 Å². The van der Waals surface area contributed by atoms with Gasteiger partial charge in [-0.1, -0.05) is 0 Å². The summed E-state index contributed by atoms with van der Waals surface area (Å²) < 4.78 is 11.6. The van der Waals surface area contributed by atoms with Gasteiger partial charge in [0.15, 0.2) is 0 Å². The van der Waals surface area contributed by atoms with Gasteiger partial charge in [0.05, 0.1) is 4.47 Å². The lowest BCUT2D eigenvalue weighted by Crippen LogP contribution is -2.27. The number of anilines is 2. The van der Waals surface area contributed by atoms with Crippen LogP contribution in [-0.2, 0) is 9.47 Å². The third-order valence-electron chi connectivity index (χ3n) is 2.98. The second-order valence-corrected chi connectivity index (χ2v) is 4.82. The van der Waals surface area contributed by atoms with Crippen LogP contribution < -0.4 is 16.2 Å². The zero-order valence-electron chi connectivity index (χ0n) is 10.3. The molecule has 0 spiro atoms. The number of aromatic nitrogens is 2. The number of nitrogens with one attached hydrogen (secondary N) is 1. The van der Waals surface area contributed by atoms with Crippen molar-refractivity contribution in [1.29, 1.82) is 0 Å². The predicted molar refractivity (Wildman–Crippen MR) is 71.3 cm³/mol. The van der Waals surface area contributed by atoms with Gasteiger partial charge in [-0.25, -0.2) is 10.8 Å². The summed E-state index contributed by atoms with van der Waals surface area (Å²) in [6.45, 7) is 1.43. The van der Waals surface area contributed by atoms with Crippen LogP contribution in [-0.4, -0.2) is 49.5 Å². The number of methoxy groups -OCH3 is 2. The van der Waals surface area contributed by atoms with Crippen LogP contribution in [0.25, 0.3) is 0 Å². The van der Waals surface area contributed by atoms with Crippen LogP contribution in [0.4, 0.5) is 11.8 Å². The third-order valence-corrected chi connectivity index (χ3v) is 3.53. The highest BCUT2D eigenvalue weighted by atomic mass is 79.9. The van der Waals surface area contributed by atoms with Gasteiger partial charge >= 0.3 is 0 Å². The Bertz CT molecular complexity index is 407. The lowest BCUT2D eigenvalue weighted by Gasteiger charge is -2.18. The maximum atomic E-state index is 5.40. The monoisotopic (exact) mass is 317 g/mol. The summed E-state index contributed by atoms with van der Waals surface area (Å²) in [5.74, 6) is 6.47. The lowest BCUT2D eigenvalue weighted by molar-refractivity contribution is -0.00461. The highest BCUT2D eigenvalue weighted by Gasteiger charge is 2.34. The molecule has 1 fully saturated rings. The van der Waals surface area contributed by atoms with Gasteiger partial charge in [-0.3, -0.25) is 5.43 Å². The van der Waals surface area contributed by atoms with Gasteiger partial charge < -0.3 is 14.4 Å². The first kappa shape index (κ1) is 13.5. The molecular formula is C10H16BrN5O2. The summed E-state index contributed by atoms with van der Waals surface area (Å²) in [4.78, 5) is 10.4. The Morgan fingerprint density at radius 1 is 1.39 bits per heavy atom. The van der Waals surface area contributed by atoms with Gasteiger partial charge in [0, 0.05) is 33.5 Å². The molecule has 7 nitrogen and oxygen atoms in total. The summed E-state index contributed by atoms with van der Waals surface area (Å²) >= 11 is 3.44. The second-order valence-electron chi connectivity index (χ2n) is 3.96. The topological polar surface area (TPSA) is 85.5 Å². The van der Waals surface area contributed by atoms with Gasteiger partial charge in [0.2, 0.25) is 5.95 Å². The maximum absolute atomic E-state index is 5.40. The Hall–Kier alpha value is -0.960. The molecule has 1 aromatic heterocycles. The van der Waals surface area contributed by atoms with Crippen LogP contribution in [0, 0.1) is 0 Å². The van der Waals surface area contributed by atoms with E-state index in [1.807, 2.05) is 0 Å². The summed E-state index contributed by atoms with van der Waals surface area (Å²) in [7, 11) is 3.37. The Balaban J connectivity index is 2.22. The van der Waals surface area contributed by atoms with Crippen LogP contribution in [0.15, 0.2) is 10.7 Å². The highest BCUT2D eigenvalue weighted by molar-refractivity contribution is 9.10. The number of halogens is 1. The van der Waals surface area contributed by atoms with Crippen molar-refractivity contribution in [3.63, 3.8) is 0 Å². The Labute approximate surface area is 114 Å². The molecule has 100 valence electrons. The average Bonchev–Trinajstić information content (AvgIpc) is 2.82. The van der Waals surface area contributed by atoms with E-state index in [2.05, 4.69) is 36.2 Å². The largest absolute Gasteiger partial charge is 0.377 e. The number of hydrogen-bond acceptors (Lipinski definition) is 7. The smallest absolute Gasteiger partial charge is 0.239 e. The minimum atomic E-state index is 0.0335. The average molecular weight is 318 g/mol. The maximum Gasteiger partial charge on any atom is 0.239 e. The van der Waals surface area contributed by atoms with E-state index < -0.39 is 0 Å². The van der Waals surface area contributed by atoms with Gasteiger partial charge in [0.25, 0.3) is 0 Å². The Morgan fingerprint density at radius 2 is 2.00 bits per heavy atom. The number of hydrogen-bond donors (Lipinski definition) is 2. The molecule has 0 bridgehead atoms. The quantitative estimate of drug-likeness (QED) is 0.613. The molecule has 18 heavy (non-hydrogen) atoms. The number of nitrogens with zero attached hydrogens (tertiary/aromatic N) is 3. The minimum absolute atomic E-state index is 0.0335. The molecule has 0 aliphatic carbocycles. The van der Waals surface area contributed by atoms with Gasteiger partial charge in [-0.2, -0.15) is 4.98 Å². The number of rotatable bonds is 4. The molecule has 2 atom stereocenters. The Morgan fingerprint density at radius 3 is 2.50 bits per heavy atom. The molecule has 1 aliphatic heterocycles. The summed E-state index contributed by atoms with van der Waals surface area (Å²) in [5, 5.41) is 0. The first-order chi connectivity index (χ1) is 8.69. The predicted octanol–water partition coefficient (Wildman–Crippen LogP) is 0.375. The van der Waals surface area contributed by atoms with Crippen LogP contribution in [0.1, 0.15) is 0 Å². The third kappa shape index (κ3) is 2.56. The van der Waals surface area contributed by atoms with E-state index in [-0.39, 0.29) is 12.2 Å². The standard InChI is InChI=1S/C10H16BrN5O2/c1-17-7-4-16(5-8(7)18-2)9-6(11)3-13-10(14-9)15-12/h3,7-8H,4-5,12H2,1-2H3,(H,13,14,15). The van der Waals surface area contributed by atoms with Crippen molar-refractivity contribution < 1.29 is 9.47 Å². The molecule has 2 rings (SSSR count). The SMILES string of the molecule is COC1CN(c2nc(NN)ncc2Br)CC1OC.